The van der Waals surface area contributed by atoms with Gasteiger partial charge in [-0.1, -0.05) is 6.42 Å². The maximum atomic E-state index is 9.89. The molecule has 1 aliphatic rings. The van der Waals surface area contributed by atoms with Crippen molar-refractivity contribution in [1.82, 2.24) is 0 Å². The fourth-order valence-electron chi connectivity index (χ4n) is 0.968. The van der Waals surface area contributed by atoms with E-state index in [-0.39, 0.29) is 6.61 Å². The molecule has 0 aromatic heterocycles. The average molecular weight is 129 g/mol. The van der Waals surface area contributed by atoms with E-state index in [4.69, 9.17) is 4.74 Å². The van der Waals surface area contributed by atoms with Crippen LogP contribution in [0.2, 0.25) is 0 Å². The van der Waals surface area contributed by atoms with Gasteiger partial charge in [-0.2, -0.15) is 0 Å². The van der Waals surface area contributed by atoms with Crippen LogP contribution < -0.4 is 0 Å². The van der Waals surface area contributed by atoms with Crippen molar-refractivity contribution >= 4 is 0 Å². The topological polar surface area (TPSA) is 29.1 Å². The first-order valence-corrected chi connectivity index (χ1v) is 3.59. The predicted octanol–water partition coefficient (Wildman–Crippen LogP) is 1.23. The second-order valence-electron chi connectivity index (χ2n) is 2.58. The van der Waals surface area contributed by atoms with Crippen molar-refractivity contribution in [3.63, 3.8) is 0 Å². The number of hydrogen-bond acceptors (Lipinski definition) is 1. The molecule has 0 spiro atoms. The van der Waals surface area contributed by atoms with Crippen LogP contribution in [-0.2, 0) is 9.84 Å². The van der Waals surface area contributed by atoms with Crippen LogP contribution in [0.25, 0.3) is 0 Å². The lowest BCUT2D eigenvalue weighted by molar-refractivity contribution is 0.0294. The van der Waals surface area contributed by atoms with Gasteiger partial charge in [0, 0.05) is 6.61 Å². The average Bonchev–Trinajstić information content (AvgIpc) is 1.76. The Hall–Kier alpha value is -0.0800. The fraction of sp³-hybridized carbons (Fsp3) is 1.00. The summed E-state index contributed by atoms with van der Waals surface area (Å²) in [4.78, 5) is 0. The molecule has 0 amide bonds. The largest absolute Gasteiger partial charge is 0.379 e. The molecule has 0 saturated heterocycles. The van der Waals surface area contributed by atoms with Crippen LogP contribution in [0.4, 0.5) is 0 Å². The zero-order chi connectivity index (χ0) is 6.53. The summed E-state index contributed by atoms with van der Waals surface area (Å²) in [7, 11) is 0. The van der Waals surface area contributed by atoms with Crippen LogP contribution >= 0.6 is 0 Å². The Morgan fingerprint density at radius 2 is 2.22 bits per heavy atom. The smallest absolute Gasteiger partial charge is 0.106 e. The summed E-state index contributed by atoms with van der Waals surface area (Å²) in [5.74, 6) is 0.775. The molecular weight excluding hydrogens is 116 g/mol. The van der Waals surface area contributed by atoms with Crippen LogP contribution in [0.3, 0.4) is 0 Å². The van der Waals surface area contributed by atoms with E-state index in [2.05, 4.69) is 0 Å². The standard InChI is InChI=1S/C7H13O2/c8-4-5-9-6-7-2-1-3-7/h7H,1-6H2. The molecule has 0 aromatic carbocycles. The molecule has 53 valence electrons. The minimum absolute atomic E-state index is 0.0906. The Balaban J connectivity index is 1.80. The number of ether oxygens (including phenoxy) is 1. The molecule has 0 aromatic rings. The van der Waals surface area contributed by atoms with E-state index < -0.39 is 0 Å². The molecule has 1 fully saturated rings. The van der Waals surface area contributed by atoms with Crippen molar-refractivity contribution in [2.45, 2.75) is 19.3 Å². The molecule has 2 nitrogen and oxygen atoms in total. The van der Waals surface area contributed by atoms with Gasteiger partial charge in [-0.3, -0.25) is 0 Å². The molecule has 1 aliphatic carbocycles. The summed E-state index contributed by atoms with van der Waals surface area (Å²) < 4.78 is 5.07. The first-order valence-electron chi connectivity index (χ1n) is 3.59. The lowest BCUT2D eigenvalue weighted by Crippen LogP contribution is -2.18. The van der Waals surface area contributed by atoms with Crippen LogP contribution in [0, 0.1) is 5.92 Å². The Bertz CT molecular complexity index is 69.3. The predicted molar refractivity (Wildman–Crippen MR) is 33.7 cm³/mol. The summed E-state index contributed by atoms with van der Waals surface area (Å²) >= 11 is 0. The number of rotatable bonds is 4. The van der Waals surface area contributed by atoms with E-state index >= 15 is 0 Å². The minimum Gasteiger partial charge on any atom is -0.379 e. The lowest BCUT2D eigenvalue weighted by atomic mass is 9.86. The molecule has 0 atom stereocenters. The maximum Gasteiger partial charge on any atom is 0.106 e. The molecule has 1 radical (unpaired) electrons. The molecule has 1 rings (SSSR count). The highest BCUT2D eigenvalue weighted by Crippen LogP contribution is 2.25. The normalized spacial score (nSPS) is 19.7. The molecule has 0 bridgehead atoms. The fourth-order valence-corrected chi connectivity index (χ4v) is 0.968. The van der Waals surface area contributed by atoms with E-state index in [1.54, 1.807) is 0 Å². The number of hydrogen-bond donors (Lipinski definition) is 0. The third kappa shape index (κ3) is 2.33. The van der Waals surface area contributed by atoms with E-state index in [0.29, 0.717) is 6.61 Å². The SMILES string of the molecule is [O]CCOCC1CCC1. The molecule has 2 heteroatoms. The molecule has 0 unspecified atom stereocenters. The van der Waals surface area contributed by atoms with Gasteiger partial charge in [0.2, 0.25) is 0 Å². The second kappa shape index (κ2) is 3.85. The van der Waals surface area contributed by atoms with Gasteiger partial charge in [-0.15, -0.1) is 0 Å². The lowest BCUT2D eigenvalue weighted by Gasteiger charge is -2.24. The van der Waals surface area contributed by atoms with Gasteiger partial charge in [-0.25, -0.2) is 5.11 Å². The van der Waals surface area contributed by atoms with Gasteiger partial charge in [0.25, 0.3) is 0 Å². The van der Waals surface area contributed by atoms with Gasteiger partial charge >= 0.3 is 0 Å². The quantitative estimate of drug-likeness (QED) is 0.525. The van der Waals surface area contributed by atoms with Crippen molar-refractivity contribution in [3.05, 3.63) is 0 Å². The van der Waals surface area contributed by atoms with E-state index in [1.165, 1.54) is 19.3 Å². The van der Waals surface area contributed by atoms with Crippen molar-refractivity contribution < 1.29 is 9.84 Å². The first-order chi connectivity index (χ1) is 4.43. The highest BCUT2D eigenvalue weighted by atomic mass is 16.5. The Morgan fingerprint density at radius 3 is 2.67 bits per heavy atom. The summed E-state index contributed by atoms with van der Waals surface area (Å²) in [6.07, 6.45) is 3.96. The summed E-state index contributed by atoms with van der Waals surface area (Å²) in [6.45, 7) is 1.13. The summed E-state index contributed by atoms with van der Waals surface area (Å²) in [5.41, 5.74) is 0. The summed E-state index contributed by atoms with van der Waals surface area (Å²) in [5, 5.41) is 9.89. The molecular formula is C7H13O2. The van der Waals surface area contributed by atoms with E-state index in [1.807, 2.05) is 0 Å². The molecule has 0 N–H and O–H groups in total. The van der Waals surface area contributed by atoms with Crippen molar-refractivity contribution in [2.75, 3.05) is 19.8 Å². The zero-order valence-corrected chi connectivity index (χ0v) is 5.64. The van der Waals surface area contributed by atoms with Gasteiger partial charge in [0.15, 0.2) is 0 Å². The second-order valence-corrected chi connectivity index (χ2v) is 2.58. The minimum atomic E-state index is -0.0906. The first kappa shape index (κ1) is 7.03. The maximum absolute atomic E-state index is 9.89. The summed E-state index contributed by atoms with van der Waals surface area (Å²) in [6, 6.07) is 0. The van der Waals surface area contributed by atoms with Gasteiger partial charge in [-0.05, 0) is 18.8 Å². The highest BCUT2D eigenvalue weighted by Gasteiger charge is 2.16. The van der Waals surface area contributed by atoms with Gasteiger partial charge in [0.05, 0.1) is 6.61 Å². The van der Waals surface area contributed by atoms with E-state index in [9.17, 15) is 5.11 Å². The molecule has 9 heavy (non-hydrogen) atoms. The third-order valence-corrected chi connectivity index (χ3v) is 1.81. The van der Waals surface area contributed by atoms with Gasteiger partial charge < -0.3 is 4.74 Å². The monoisotopic (exact) mass is 129 g/mol. The van der Waals surface area contributed by atoms with E-state index in [0.717, 1.165) is 12.5 Å². The Morgan fingerprint density at radius 1 is 1.44 bits per heavy atom. The highest BCUT2D eigenvalue weighted by molar-refractivity contribution is 4.68. The van der Waals surface area contributed by atoms with Crippen LogP contribution in [-0.4, -0.2) is 19.8 Å². The van der Waals surface area contributed by atoms with Crippen molar-refractivity contribution in [3.8, 4) is 0 Å². The zero-order valence-electron chi connectivity index (χ0n) is 5.64. The van der Waals surface area contributed by atoms with Crippen LogP contribution in [0.1, 0.15) is 19.3 Å². The Labute approximate surface area is 55.8 Å². The van der Waals surface area contributed by atoms with Crippen LogP contribution in [0.5, 0.6) is 0 Å². The molecule has 0 aliphatic heterocycles. The Kier molecular flexibility index (Phi) is 3.01. The molecule has 0 heterocycles. The van der Waals surface area contributed by atoms with Gasteiger partial charge in [0.1, 0.15) is 6.61 Å². The van der Waals surface area contributed by atoms with Crippen molar-refractivity contribution in [2.24, 2.45) is 5.92 Å². The van der Waals surface area contributed by atoms with Crippen molar-refractivity contribution in [1.29, 1.82) is 0 Å². The van der Waals surface area contributed by atoms with Crippen LogP contribution in [0.15, 0.2) is 0 Å². The third-order valence-electron chi connectivity index (χ3n) is 1.81. The molecule has 1 saturated carbocycles.